The quantitative estimate of drug-likeness (QED) is 0.518. The molecule has 0 atom stereocenters. The fraction of sp³-hybridized carbons (Fsp3) is 0.235. The fourth-order valence-corrected chi connectivity index (χ4v) is 2.56. The van der Waals surface area contributed by atoms with Gasteiger partial charge in [-0.3, -0.25) is 14.9 Å². The van der Waals surface area contributed by atoms with Crippen molar-refractivity contribution in [2.45, 2.75) is 25.4 Å². The van der Waals surface area contributed by atoms with Crippen LogP contribution in [0.2, 0.25) is 0 Å². The second kappa shape index (κ2) is 6.27. The van der Waals surface area contributed by atoms with E-state index in [1.54, 1.807) is 23.1 Å². The molecule has 0 aromatic heterocycles. The number of hydrogen-bond donors (Lipinski definition) is 1. The lowest BCUT2D eigenvalue weighted by Gasteiger charge is -2.23. The first kappa shape index (κ1) is 15.9. The lowest BCUT2D eigenvalue weighted by molar-refractivity contribution is -0.383. The van der Waals surface area contributed by atoms with E-state index in [9.17, 15) is 19.3 Å². The molecule has 3 rings (SSSR count). The molecule has 2 aromatic carbocycles. The number of nitrogen functional groups attached to an aromatic ring is 1. The molecule has 24 heavy (non-hydrogen) atoms. The summed E-state index contributed by atoms with van der Waals surface area (Å²) < 4.78 is 13.9. The number of nitro benzene ring substituents is 1. The number of nitrogens with two attached hydrogens (primary N) is 1. The van der Waals surface area contributed by atoms with E-state index in [0.29, 0.717) is 5.56 Å². The number of benzene rings is 2. The van der Waals surface area contributed by atoms with Gasteiger partial charge in [-0.2, -0.15) is 0 Å². The molecule has 0 bridgehead atoms. The monoisotopic (exact) mass is 329 g/mol. The molecule has 0 spiro atoms. The number of carbonyl (C=O) groups is 1. The molecule has 1 fully saturated rings. The molecule has 0 aliphatic heterocycles. The summed E-state index contributed by atoms with van der Waals surface area (Å²) >= 11 is 0. The van der Waals surface area contributed by atoms with Gasteiger partial charge in [-0.25, -0.2) is 4.39 Å². The van der Waals surface area contributed by atoms with Gasteiger partial charge in [0, 0.05) is 29.8 Å². The maximum atomic E-state index is 13.9. The minimum atomic E-state index is -0.621. The zero-order valence-electron chi connectivity index (χ0n) is 12.8. The van der Waals surface area contributed by atoms with E-state index in [1.807, 2.05) is 0 Å². The van der Waals surface area contributed by atoms with E-state index in [4.69, 9.17) is 5.73 Å². The number of hydrogen-bond acceptors (Lipinski definition) is 4. The van der Waals surface area contributed by atoms with Crippen LogP contribution in [0.5, 0.6) is 0 Å². The van der Waals surface area contributed by atoms with Gasteiger partial charge < -0.3 is 10.6 Å². The topological polar surface area (TPSA) is 89.5 Å². The summed E-state index contributed by atoms with van der Waals surface area (Å²) in [6.07, 6.45) is 1.69. The molecular formula is C17H16FN3O3. The van der Waals surface area contributed by atoms with Crippen molar-refractivity contribution in [3.63, 3.8) is 0 Å². The van der Waals surface area contributed by atoms with E-state index < -0.39 is 4.92 Å². The van der Waals surface area contributed by atoms with E-state index in [0.717, 1.165) is 12.8 Å². The molecule has 1 amide bonds. The fourth-order valence-electron chi connectivity index (χ4n) is 2.56. The third-order valence-electron chi connectivity index (χ3n) is 4.02. The first-order valence-corrected chi connectivity index (χ1v) is 7.55. The van der Waals surface area contributed by atoms with Crippen molar-refractivity contribution in [2.75, 3.05) is 5.73 Å². The third kappa shape index (κ3) is 3.19. The Labute approximate surface area is 137 Å². The van der Waals surface area contributed by atoms with Crippen LogP contribution in [-0.4, -0.2) is 21.8 Å². The summed E-state index contributed by atoms with van der Waals surface area (Å²) in [4.78, 5) is 24.7. The van der Waals surface area contributed by atoms with Gasteiger partial charge in [-0.15, -0.1) is 0 Å². The van der Waals surface area contributed by atoms with Crippen LogP contribution in [0.25, 0.3) is 0 Å². The lowest BCUT2D eigenvalue weighted by Crippen LogP contribution is -2.33. The molecule has 2 N–H and O–H groups in total. The van der Waals surface area contributed by atoms with Gasteiger partial charge in [0.05, 0.1) is 4.92 Å². The predicted molar refractivity (Wildman–Crippen MR) is 86.8 cm³/mol. The number of carbonyl (C=O) groups excluding carboxylic acids is 1. The van der Waals surface area contributed by atoms with Gasteiger partial charge in [-0.05, 0) is 31.0 Å². The van der Waals surface area contributed by atoms with Crippen LogP contribution in [-0.2, 0) is 6.54 Å². The average Bonchev–Trinajstić information content (AvgIpc) is 3.38. The van der Waals surface area contributed by atoms with Gasteiger partial charge in [0.1, 0.15) is 11.5 Å². The zero-order chi connectivity index (χ0) is 17.3. The smallest absolute Gasteiger partial charge is 0.292 e. The van der Waals surface area contributed by atoms with Crippen molar-refractivity contribution in [3.05, 3.63) is 69.5 Å². The average molecular weight is 329 g/mol. The summed E-state index contributed by atoms with van der Waals surface area (Å²) in [6, 6.07) is 10.3. The molecule has 6 nitrogen and oxygen atoms in total. The molecule has 0 heterocycles. The maximum Gasteiger partial charge on any atom is 0.292 e. The Kier molecular flexibility index (Phi) is 4.16. The largest absolute Gasteiger partial charge is 0.393 e. The third-order valence-corrected chi connectivity index (χ3v) is 4.02. The lowest BCUT2D eigenvalue weighted by atomic mass is 10.1. The van der Waals surface area contributed by atoms with Crippen molar-refractivity contribution in [1.29, 1.82) is 0 Å². The second-order valence-electron chi connectivity index (χ2n) is 5.79. The van der Waals surface area contributed by atoms with Crippen LogP contribution in [0.15, 0.2) is 42.5 Å². The Morgan fingerprint density at radius 1 is 1.29 bits per heavy atom. The predicted octanol–water partition coefficient (Wildman–Crippen LogP) is 3.12. The Morgan fingerprint density at radius 2 is 2.00 bits per heavy atom. The van der Waals surface area contributed by atoms with Crippen LogP contribution < -0.4 is 5.73 Å². The zero-order valence-corrected chi connectivity index (χ0v) is 12.8. The number of anilines is 1. The van der Waals surface area contributed by atoms with Gasteiger partial charge in [0.25, 0.3) is 11.6 Å². The Hall–Kier alpha value is -2.96. The number of amides is 1. The number of nitrogens with zero attached hydrogens (tertiary/aromatic N) is 2. The summed E-state index contributed by atoms with van der Waals surface area (Å²) in [6.45, 7) is 0.133. The van der Waals surface area contributed by atoms with Crippen LogP contribution in [0.4, 0.5) is 15.8 Å². The second-order valence-corrected chi connectivity index (χ2v) is 5.79. The first-order valence-electron chi connectivity index (χ1n) is 7.55. The molecule has 0 radical (unpaired) electrons. The van der Waals surface area contributed by atoms with Crippen LogP contribution in [0, 0.1) is 15.9 Å². The normalized spacial score (nSPS) is 13.5. The molecule has 1 aliphatic carbocycles. The van der Waals surface area contributed by atoms with Crippen LogP contribution in [0.3, 0.4) is 0 Å². The standard InChI is InChI=1S/C17H16FN3O3/c18-14-4-2-1-3-12(14)10-20(13-6-7-13)17(22)11-5-8-15(19)16(9-11)21(23)24/h1-5,8-9,13H,6-7,10,19H2. The Bertz CT molecular complexity index is 805. The molecular weight excluding hydrogens is 313 g/mol. The number of rotatable bonds is 5. The SMILES string of the molecule is Nc1ccc(C(=O)N(Cc2ccccc2F)C2CC2)cc1[N+](=O)[O-]. The van der Waals surface area contributed by atoms with Crippen molar-refractivity contribution >= 4 is 17.3 Å². The minimum Gasteiger partial charge on any atom is -0.393 e. The van der Waals surface area contributed by atoms with Crippen molar-refractivity contribution in [2.24, 2.45) is 0 Å². The van der Waals surface area contributed by atoms with Crippen LogP contribution >= 0.6 is 0 Å². The van der Waals surface area contributed by atoms with E-state index in [1.165, 1.54) is 24.3 Å². The molecule has 1 aliphatic rings. The molecule has 124 valence electrons. The van der Waals surface area contributed by atoms with Crippen LogP contribution in [0.1, 0.15) is 28.8 Å². The summed E-state index contributed by atoms with van der Waals surface area (Å²) in [7, 11) is 0. The molecule has 2 aromatic rings. The number of nitro groups is 1. The highest BCUT2D eigenvalue weighted by atomic mass is 19.1. The summed E-state index contributed by atoms with van der Waals surface area (Å²) in [5, 5.41) is 11.0. The Balaban J connectivity index is 1.89. The highest BCUT2D eigenvalue weighted by molar-refractivity contribution is 5.96. The molecule has 1 saturated carbocycles. The highest BCUT2D eigenvalue weighted by Crippen LogP contribution is 2.31. The number of halogens is 1. The van der Waals surface area contributed by atoms with Gasteiger partial charge in [-0.1, -0.05) is 18.2 Å². The molecule has 0 unspecified atom stereocenters. The van der Waals surface area contributed by atoms with Gasteiger partial charge >= 0.3 is 0 Å². The van der Waals surface area contributed by atoms with E-state index >= 15 is 0 Å². The summed E-state index contributed by atoms with van der Waals surface area (Å²) in [5.74, 6) is -0.733. The molecule has 0 saturated heterocycles. The van der Waals surface area contributed by atoms with E-state index in [-0.39, 0.29) is 41.2 Å². The molecule has 7 heteroatoms. The summed E-state index contributed by atoms with van der Waals surface area (Å²) in [5.41, 5.74) is 5.87. The highest BCUT2D eigenvalue weighted by Gasteiger charge is 2.34. The van der Waals surface area contributed by atoms with Crippen molar-refractivity contribution in [1.82, 2.24) is 4.90 Å². The van der Waals surface area contributed by atoms with Crippen molar-refractivity contribution < 1.29 is 14.1 Å². The van der Waals surface area contributed by atoms with E-state index in [2.05, 4.69) is 0 Å². The van der Waals surface area contributed by atoms with Gasteiger partial charge in [0.15, 0.2) is 0 Å². The van der Waals surface area contributed by atoms with Gasteiger partial charge in [0.2, 0.25) is 0 Å². The Morgan fingerprint density at radius 3 is 2.62 bits per heavy atom. The maximum absolute atomic E-state index is 13.9. The minimum absolute atomic E-state index is 0.00336. The first-order chi connectivity index (χ1) is 11.5. The van der Waals surface area contributed by atoms with Crippen molar-refractivity contribution in [3.8, 4) is 0 Å².